The second-order valence-corrected chi connectivity index (χ2v) is 18.4. The topological polar surface area (TPSA) is 151 Å². The van der Waals surface area contributed by atoms with Crippen LogP contribution in [0, 0.1) is 16.4 Å². The first-order valence-corrected chi connectivity index (χ1v) is 21.1. The van der Waals surface area contributed by atoms with Gasteiger partial charge in [0, 0.05) is 7.26 Å². The smallest absolute Gasteiger partial charge is 0.614 e. The molecular weight excluding hydrogens is 838 g/mol. The van der Waals surface area contributed by atoms with E-state index >= 15 is 0 Å². The van der Waals surface area contributed by atoms with Gasteiger partial charge >= 0.3 is 22.4 Å². The molecule has 0 unspecified atom stereocenters. The zero-order valence-corrected chi connectivity index (χ0v) is 33.3. The van der Waals surface area contributed by atoms with Crippen molar-refractivity contribution in [1.29, 1.82) is 0 Å². The fourth-order valence-corrected chi connectivity index (χ4v) is 13.1. The number of ether oxygens (including phenoxy) is 2. The van der Waals surface area contributed by atoms with Gasteiger partial charge in [-0.3, -0.25) is 4.79 Å². The Labute approximate surface area is 335 Å². The summed E-state index contributed by atoms with van der Waals surface area (Å²) in [7, 11) is -6.55. The van der Waals surface area contributed by atoms with Gasteiger partial charge in [-0.05, 0) is 79.9 Å². The van der Waals surface area contributed by atoms with E-state index in [1.807, 2.05) is 109 Å². The van der Waals surface area contributed by atoms with Gasteiger partial charge in [0.2, 0.25) is 5.97 Å². The summed E-state index contributed by atoms with van der Waals surface area (Å²) < 4.78 is 44.0. The predicted octanol–water partition coefficient (Wildman–Crippen LogP) is 1.34. The Morgan fingerprint density at radius 2 is 0.741 bits per heavy atom. The molecule has 0 aliphatic heterocycles. The Kier molecular flexibility index (Phi) is 17.6. The summed E-state index contributed by atoms with van der Waals surface area (Å²) in [5.74, 6) is 1.16. The molecule has 0 atom stereocenters. The number of carbonyl (C=O) groups is 1. The quantitative estimate of drug-likeness (QED) is 0.0659. The van der Waals surface area contributed by atoms with Gasteiger partial charge in [0.15, 0.2) is 0 Å². The third kappa shape index (κ3) is 11.9. The average Bonchev–Trinajstić information content (AvgIpc) is 3.20. The number of benzene rings is 6. The number of methoxy groups -OCH3 is 2. The molecule has 0 heterocycles. The van der Waals surface area contributed by atoms with Crippen LogP contribution >= 0.6 is 14.5 Å². The van der Waals surface area contributed by atoms with E-state index in [4.69, 9.17) is 28.1 Å². The van der Waals surface area contributed by atoms with Gasteiger partial charge in [-0.25, -0.2) is 18.6 Å². The molecule has 12 heteroatoms. The normalized spacial score (nSPS) is 11.3. The fraction of sp³-hybridized carbons (Fsp3) is 0.0476. The molecule has 0 N–H and O–H groups in total. The molecule has 0 fully saturated rings. The third-order valence-corrected chi connectivity index (χ3v) is 15.9. The van der Waals surface area contributed by atoms with Crippen LogP contribution < -0.4 is 55.6 Å². The summed E-state index contributed by atoms with van der Waals surface area (Å²) >= 11 is 0. The van der Waals surface area contributed by atoms with Crippen molar-refractivity contribution in [3.05, 3.63) is 200 Å². The number of esters is 1. The molecule has 0 amide bonds. The summed E-state index contributed by atoms with van der Waals surface area (Å²) in [5, 5.41) is 19.1. The van der Waals surface area contributed by atoms with Crippen molar-refractivity contribution < 1.29 is 70.6 Å². The largest absolute Gasteiger partial charge is 1.00 e. The third-order valence-electron chi connectivity index (χ3n) is 7.98. The van der Waals surface area contributed by atoms with E-state index in [9.17, 15) is 9.90 Å². The molecule has 282 valence electrons. The minimum absolute atomic E-state index is 0. The van der Waals surface area contributed by atoms with Crippen LogP contribution in [0.4, 0.5) is 0 Å². The molecule has 0 aliphatic carbocycles. The zero-order chi connectivity index (χ0) is 38.2. The van der Waals surface area contributed by atoms with Crippen LogP contribution in [-0.4, -0.2) is 20.2 Å². The molecule has 0 aromatic heterocycles. The van der Waals surface area contributed by atoms with E-state index < -0.39 is 24.8 Å². The van der Waals surface area contributed by atoms with E-state index in [0.29, 0.717) is 0 Å². The minimum Gasteiger partial charge on any atom is -0.614 e. The zero-order valence-electron chi connectivity index (χ0n) is 29.3. The summed E-state index contributed by atoms with van der Waals surface area (Å²) in [6, 6.07) is 61.2. The molecule has 0 spiro atoms. The summed E-state index contributed by atoms with van der Waals surface area (Å²) in [6.45, 7) is 0. The summed E-state index contributed by atoms with van der Waals surface area (Å²) in [5.41, 5.74) is 0. The maximum atomic E-state index is 12.3. The SMILES string of the molecule is CO/C([O-])=C/[P+](c1ccccc1)(c1ccccc1)c1ccccc1.COC(=O)[CH-][P+](c1ccccc1)(c1ccccc1)c1ccccc1.[Ag+].[O-][Cl+3]([O-])([O-])[O-]. The molecule has 6 rings (SSSR count). The van der Waals surface area contributed by atoms with E-state index in [1.165, 1.54) is 14.2 Å². The van der Waals surface area contributed by atoms with Crippen LogP contribution in [0.2, 0.25) is 0 Å². The number of halogens is 1. The Bertz CT molecular complexity index is 1790. The van der Waals surface area contributed by atoms with E-state index in [-0.39, 0.29) is 34.3 Å². The second kappa shape index (κ2) is 21.6. The molecule has 0 radical (unpaired) electrons. The summed E-state index contributed by atoms with van der Waals surface area (Å²) in [6.07, 6.45) is 1.77. The summed E-state index contributed by atoms with van der Waals surface area (Å²) in [4.78, 5) is 12.3. The van der Waals surface area contributed by atoms with Crippen LogP contribution in [0.1, 0.15) is 0 Å². The first-order valence-electron chi connectivity index (χ1n) is 16.1. The Morgan fingerprint density at radius 3 is 0.963 bits per heavy atom. The van der Waals surface area contributed by atoms with Crippen molar-refractivity contribution in [2.45, 2.75) is 0 Å². The second-order valence-electron chi connectivity index (χ2n) is 11.1. The van der Waals surface area contributed by atoms with Crippen LogP contribution in [0.15, 0.2) is 194 Å². The Balaban J connectivity index is 0.000000254. The van der Waals surface area contributed by atoms with E-state index in [0.717, 1.165) is 31.8 Å². The van der Waals surface area contributed by atoms with Crippen molar-refractivity contribution >= 4 is 52.3 Å². The monoisotopic (exact) mass is 874 g/mol. The van der Waals surface area contributed by atoms with Gasteiger partial charge in [-0.15, -0.1) is 16.4 Å². The predicted molar refractivity (Wildman–Crippen MR) is 202 cm³/mol. The average molecular weight is 876 g/mol. The fourth-order valence-electron chi connectivity index (χ4n) is 5.74. The molecule has 6 aromatic rings. The molecule has 6 aromatic carbocycles. The van der Waals surface area contributed by atoms with Crippen LogP contribution in [0.5, 0.6) is 0 Å². The van der Waals surface area contributed by atoms with Crippen molar-refractivity contribution in [1.82, 2.24) is 0 Å². The molecule has 54 heavy (non-hydrogen) atoms. The molecular formula is C42H38AgClO8P2. The Morgan fingerprint density at radius 1 is 0.500 bits per heavy atom. The standard InChI is InChI=1S/2C21H19O2P.Ag.ClHO4/c2*1-23-21(22)17-24(18-11-5-2-6-12-18,19-13-7-3-8-14-19)20-15-9-4-10-16-20;;2-1(3,4)5/h2*2-17H,1H3;;(H,2,3,4,5)/q;;+1;/p-1/b21-17+;;;. The maximum Gasteiger partial charge on any atom is 1.00 e. The van der Waals surface area contributed by atoms with Crippen molar-refractivity contribution in [2.24, 2.45) is 0 Å². The van der Waals surface area contributed by atoms with Crippen LogP contribution in [0.25, 0.3) is 0 Å². The molecule has 0 saturated heterocycles. The van der Waals surface area contributed by atoms with Crippen molar-refractivity contribution in [3.8, 4) is 0 Å². The molecule has 0 bridgehead atoms. The van der Waals surface area contributed by atoms with Gasteiger partial charge < -0.3 is 14.6 Å². The Hall–Kier alpha value is -4.27. The van der Waals surface area contributed by atoms with Gasteiger partial charge in [0.05, 0.1) is 34.8 Å². The van der Waals surface area contributed by atoms with Crippen LogP contribution in [0.3, 0.4) is 0 Å². The van der Waals surface area contributed by atoms with Gasteiger partial charge in [0.25, 0.3) is 0 Å². The van der Waals surface area contributed by atoms with E-state index in [1.54, 1.807) is 12.0 Å². The number of rotatable bonds is 10. The first-order chi connectivity index (χ1) is 25.5. The first kappa shape index (κ1) is 44.1. The maximum absolute atomic E-state index is 12.3. The van der Waals surface area contributed by atoms with Gasteiger partial charge in [-0.2, -0.15) is 0 Å². The van der Waals surface area contributed by atoms with Crippen molar-refractivity contribution in [2.75, 3.05) is 14.2 Å². The number of hydrogen-bond donors (Lipinski definition) is 0. The number of carbonyl (C=O) groups excluding carboxylic acids is 1. The molecule has 8 nitrogen and oxygen atoms in total. The molecule has 0 aliphatic rings. The van der Waals surface area contributed by atoms with Gasteiger partial charge in [0.1, 0.15) is 23.2 Å². The molecule has 0 saturated carbocycles. The number of hydrogen-bond acceptors (Lipinski definition) is 8. The van der Waals surface area contributed by atoms with Crippen LogP contribution in [-0.2, 0) is 36.6 Å². The van der Waals surface area contributed by atoms with Crippen molar-refractivity contribution in [3.63, 3.8) is 0 Å². The van der Waals surface area contributed by atoms with E-state index in [2.05, 4.69) is 72.8 Å². The van der Waals surface area contributed by atoms with Gasteiger partial charge in [-0.1, -0.05) is 109 Å². The minimum atomic E-state index is -4.94.